The van der Waals surface area contributed by atoms with Gasteiger partial charge in [-0.15, -0.1) is 0 Å². The molecule has 1 aromatic carbocycles. The fourth-order valence-corrected chi connectivity index (χ4v) is 3.97. The Morgan fingerprint density at radius 1 is 1.10 bits per heavy atom. The van der Waals surface area contributed by atoms with E-state index in [9.17, 15) is 9.90 Å². The number of carboxylic acid groups (broad SMARTS) is 1. The minimum Gasteiger partial charge on any atom is -0.496 e. The first-order valence-corrected chi connectivity index (χ1v) is 10.0. The standard InChI is InChI=1S/C21H23ClN4O4/c1-29-18-12-19(30-2)16(22)11-15(18)17-13-26-7-4-14(10-20(26)23-17)24-5-3-6-25(9-8-24)21(27)28/h4,7,10-13H,3,5-6,8-9H2,1-2H3,(H,27,28). The molecule has 1 aliphatic heterocycles. The van der Waals surface area contributed by atoms with Crippen molar-refractivity contribution in [3.8, 4) is 22.8 Å². The molecule has 0 aliphatic carbocycles. The molecule has 8 nitrogen and oxygen atoms in total. The molecule has 1 aliphatic rings. The lowest BCUT2D eigenvalue weighted by atomic mass is 10.1. The summed E-state index contributed by atoms with van der Waals surface area (Å²) in [4.78, 5) is 19.7. The number of pyridine rings is 1. The molecule has 3 heterocycles. The number of methoxy groups -OCH3 is 2. The second-order valence-electron chi connectivity index (χ2n) is 7.07. The number of imidazole rings is 1. The first-order valence-electron chi connectivity index (χ1n) is 9.63. The molecule has 3 aromatic rings. The zero-order valence-corrected chi connectivity index (χ0v) is 17.6. The van der Waals surface area contributed by atoms with Crippen LogP contribution in [0.15, 0.2) is 36.7 Å². The van der Waals surface area contributed by atoms with Crippen molar-refractivity contribution in [2.75, 3.05) is 45.3 Å². The molecule has 0 radical (unpaired) electrons. The minimum absolute atomic E-state index is 0.485. The van der Waals surface area contributed by atoms with Crippen LogP contribution in [0.2, 0.25) is 5.02 Å². The van der Waals surface area contributed by atoms with Gasteiger partial charge in [-0.05, 0) is 18.6 Å². The summed E-state index contributed by atoms with van der Waals surface area (Å²) in [6.07, 6.45) is 3.81. The van der Waals surface area contributed by atoms with E-state index in [1.165, 1.54) is 4.90 Å². The lowest BCUT2D eigenvalue weighted by Crippen LogP contribution is -2.34. The molecular formula is C21H23ClN4O4. The van der Waals surface area contributed by atoms with Crippen molar-refractivity contribution < 1.29 is 19.4 Å². The first kappa shape index (κ1) is 20.2. The topological polar surface area (TPSA) is 79.5 Å². The summed E-state index contributed by atoms with van der Waals surface area (Å²) in [5.41, 5.74) is 3.32. The van der Waals surface area contributed by atoms with Crippen LogP contribution in [0.1, 0.15) is 6.42 Å². The predicted molar refractivity (Wildman–Crippen MR) is 115 cm³/mol. The fraction of sp³-hybridized carbons (Fsp3) is 0.333. The highest BCUT2D eigenvalue weighted by molar-refractivity contribution is 6.32. The third-order valence-electron chi connectivity index (χ3n) is 5.33. The van der Waals surface area contributed by atoms with Crippen molar-refractivity contribution in [1.29, 1.82) is 0 Å². The van der Waals surface area contributed by atoms with E-state index >= 15 is 0 Å². The van der Waals surface area contributed by atoms with Gasteiger partial charge in [0.05, 0.1) is 24.9 Å². The molecule has 1 fully saturated rings. The molecule has 158 valence electrons. The Morgan fingerprint density at radius 3 is 2.63 bits per heavy atom. The second-order valence-corrected chi connectivity index (χ2v) is 7.48. The van der Waals surface area contributed by atoms with Crippen LogP contribution in [-0.2, 0) is 0 Å². The molecular weight excluding hydrogens is 408 g/mol. The number of rotatable bonds is 4. The van der Waals surface area contributed by atoms with Gasteiger partial charge in [0.1, 0.15) is 17.1 Å². The van der Waals surface area contributed by atoms with Gasteiger partial charge < -0.3 is 28.8 Å². The third kappa shape index (κ3) is 3.82. The summed E-state index contributed by atoms with van der Waals surface area (Å²) in [6.45, 7) is 2.49. The van der Waals surface area contributed by atoms with Crippen LogP contribution < -0.4 is 14.4 Å². The van der Waals surface area contributed by atoms with Crippen molar-refractivity contribution in [2.45, 2.75) is 6.42 Å². The minimum atomic E-state index is -0.864. The Labute approximate surface area is 179 Å². The number of fused-ring (bicyclic) bond motifs is 1. The number of hydrogen-bond donors (Lipinski definition) is 1. The average molecular weight is 431 g/mol. The molecule has 1 amide bonds. The maximum absolute atomic E-state index is 11.2. The molecule has 30 heavy (non-hydrogen) atoms. The van der Waals surface area contributed by atoms with E-state index in [4.69, 9.17) is 26.1 Å². The van der Waals surface area contributed by atoms with E-state index in [0.29, 0.717) is 36.2 Å². The Hall–Kier alpha value is -3.13. The lowest BCUT2D eigenvalue weighted by Gasteiger charge is -2.22. The van der Waals surface area contributed by atoms with Gasteiger partial charge in [0.25, 0.3) is 0 Å². The van der Waals surface area contributed by atoms with Crippen molar-refractivity contribution >= 4 is 29.0 Å². The summed E-state index contributed by atoms with van der Waals surface area (Å²) in [7, 11) is 3.16. The van der Waals surface area contributed by atoms with E-state index in [1.54, 1.807) is 26.4 Å². The first-order chi connectivity index (χ1) is 14.5. The van der Waals surface area contributed by atoms with Crippen LogP contribution in [0.3, 0.4) is 0 Å². The highest BCUT2D eigenvalue weighted by Crippen LogP contribution is 2.38. The summed E-state index contributed by atoms with van der Waals surface area (Å²) >= 11 is 6.32. The molecule has 2 aromatic heterocycles. The monoisotopic (exact) mass is 430 g/mol. The second kappa shape index (κ2) is 8.31. The van der Waals surface area contributed by atoms with Crippen molar-refractivity contribution in [3.05, 3.63) is 41.7 Å². The summed E-state index contributed by atoms with van der Waals surface area (Å²) in [5, 5.41) is 9.72. The fourth-order valence-electron chi connectivity index (χ4n) is 3.72. The van der Waals surface area contributed by atoms with Gasteiger partial charge >= 0.3 is 6.09 Å². The van der Waals surface area contributed by atoms with Crippen LogP contribution in [0.5, 0.6) is 11.5 Å². The van der Waals surface area contributed by atoms with Gasteiger partial charge in [0.2, 0.25) is 0 Å². The van der Waals surface area contributed by atoms with Crippen molar-refractivity contribution in [3.63, 3.8) is 0 Å². The van der Waals surface area contributed by atoms with Gasteiger partial charge in [0, 0.05) is 62.0 Å². The number of benzene rings is 1. The van der Waals surface area contributed by atoms with Crippen molar-refractivity contribution in [1.82, 2.24) is 14.3 Å². The van der Waals surface area contributed by atoms with Crippen LogP contribution in [-0.4, -0.2) is 65.9 Å². The van der Waals surface area contributed by atoms with Crippen LogP contribution in [0.25, 0.3) is 16.9 Å². The molecule has 0 saturated carbocycles. The van der Waals surface area contributed by atoms with E-state index < -0.39 is 6.09 Å². The highest BCUT2D eigenvalue weighted by atomic mass is 35.5. The Balaban J connectivity index is 1.65. The van der Waals surface area contributed by atoms with E-state index in [0.717, 1.165) is 35.6 Å². The summed E-state index contributed by atoms with van der Waals surface area (Å²) in [5.74, 6) is 1.17. The number of carbonyl (C=O) groups is 1. The molecule has 0 atom stereocenters. The molecule has 0 unspecified atom stereocenters. The zero-order valence-electron chi connectivity index (χ0n) is 16.8. The van der Waals surface area contributed by atoms with Crippen LogP contribution >= 0.6 is 11.6 Å². The molecule has 0 bridgehead atoms. The summed E-state index contributed by atoms with van der Waals surface area (Å²) < 4.78 is 12.7. The molecule has 4 rings (SSSR count). The van der Waals surface area contributed by atoms with E-state index in [2.05, 4.69) is 4.90 Å². The number of nitrogens with zero attached hydrogens (tertiary/aromatic N) is 4. The van der Waals surface area contributed by atoms with Gasteiger partial charge in [-0.25, -0.2) is 9.78 Å². The number of anilines is 1. The smallest absolute Gasteiger partial charge is 0.407 e. The number of hydrogen-bond acceptors (Lipinski definition) is 5. The third-order valence-corrected chi connectivity index (χ3v) is 5.62. The Morgan fingerprint density at radius 2 is 1.90 bits per heavy atom. The van der Waals surface area contributed by atoms with Crippen molar-refractivity contribution in [2.24, 2.45) is 0 Å². The quantitative estimate of drug-likeness (QED) is 0.677. The normalized spacial score (nSPS) is 14.6. The number of ether oxygens (including phenoxy) is 2. The SMILES string of the molecule is COc1cc(OC)c(-c2cn3ccc(N4CCCN(C(=O)O)CC4)cc3n2)cc1Cl. The van der Waals surface area contributed by atoms with Crippen LogP contribution in [0, 0.1) is 0 Å². The molecule has 1 saturated heterocycles. The van der Waals surface area contributed by atoms with Gasteiger partial charge in [-0.1, -0.05) is 11.6 Å². The maximum atomic E-state index is 11.2. The largest absolute Gasteiger partial charge is 0.496 e. The highest BCUT2D eigenvalue weighted by Gasteiger charge is 2.19. The Kier molecular flexibility index (Phi) is 5.59. The number of aromatic nitrogens is 2. The van der Waals surface area contributed by atoms with Gasteiger partial charge in [-0.3, -0.25) is 0 Å². The van der Waals surface area contributed by atoms with Gasteiger partial charge in [-0.2, -0.15) is 0 Å². The van der Waals surface area contributed by atoms with E-state index in [-0.39, 0.29) is 0 Å². The maximum Gasteiger partial charge on any atom is 0.407 e. The number of amides is 1. The van der Waals surface area contributed by atoms with E-state index in [1.807, 2.05) is 28.9 Å². The average Bonchev–Trinajstić information content (AvgIpc) is 3.00. The molecule has 9 heteroatoms. The molecule has 1 N–H and O–H groups in total. The van der Waals surface area contributed by atoms with Crippen LogP contribution in [0.4, 0.5) is 10.5 Å². The number of halogens is 1. The zero-order chi connectivity index (χ0) is 21.3. The summed E-state index contributed by atoms with van der Waals surface area (Å²) in [6, 6.07) is 7.57. The van der Waals surface area contributed by atoms with Gasteiger partial charge in [0.15, 0.2) is 0 Å². The lowest BCUT2D eigenvalue weighted by molar-refractivity contribution is 0.148. The molecule has 0 spiro atoms. The Bertz CT molecular complexity index is 1080. The predicted octanol–water partition coefficient (Wildman–Crippen LogP) is 3.86.